The largest absolute Gasteiger partial charge is 0.478 e. The van der Waals surface area contributed by atoms with Crippen molar-refractivity contribution in [2.24, 2.45) is 0 Å². The van der Waals surface area contributed by atoms with Crippen molar-refractivity contribution in [2.45, 2.75) is 0 Å². The van der Waals surface area contributed by atoms with E-state index in [0.717, 1.165) is 6.08 Å². The Hall–Kier alpha value is -3.01. The fourth-order valence-corrected chi connectivity index (χ4v) is 1.79. The van der Waals surface area contributed by atoms with Gasteiger partial charge < -0.3 is 5.11 Å². The predicted octanol–water partition coefficient (Wildman–Crippen LogP) is 2.76. The smallest absolute Gasteiger partial charge is 0.339 e. The second-order valence-electron chi connectivity index (χ2n) is 4.29. The Morgan fingerprint density at radius 3 is 1.71 bits per heavy atom. The summed E-state index contributed by atoms with van der Waals surface area (Å²) in [6, 6.07) is 16.2. The molecule has 0 aromatic heterocycles. The number of rotatable bonds is 5. The molecule has 4 heteroatoms. The van der Waals surface area contributed by atoms with E-state index in [1.165, 1.54) is 12.1 Å². The van der Waals surface area contributed by atoms with Crippen molar-refractivity contribution in [3.63, 3.8) is 0 Å². The van der Waals surface area contributed by atoms with Crippen molar-refractivity contribution in [1.29, 1.82) is 0 Å². The van der Waals surface area contributed by atoms with Gasteiger partial charge in [0.2, 0.25) is 0 Å². The van der Waals surface area contributed by atoms with E-state index in [-0.39, 0.29) is 5.56 Å². The first kappa shape index (κ1) is 14.4. The molecule has 0 bridgehead atoms. The number of carbonyl (C=O) groups excluding carboxylic acids is 2. The maximum atomic E-state index is 12.2. The van der Waals surface area contributed by atoms with Crippen LogP contribution in [0.2, 0.25) is 0 Å². The lowest BCUT2D eigenvalue weighted by Crippen LogP contribution is -2.14. The Balaban J connectivity index is 2.36. The summed E-state index contributed by atoms with van der Waals surface area (Å²) in [6.07, 6.45) is 0.868. The molecule has 1 N–H and O–H groups in total. The normalized spacial score (nSPS) is 11.0. The summed E-state index contributed by atoms with van der Waals surface area (Å²) in [4.78, 5) is 35.4. The van der Waals surface area contributed by atoms with Gasteiger partial charge in [0.05, 0.1) is 0 Å². The molecule has 0 aliphatic carbocycles. The van der Waals surface area contributed by atoms with Crippen LogP contribution in [-0.2, 0) is 4.79 Å². The maximum Gasteiger partial charge on any atom is 0.339 e. The van der Waals surface area contributed by atoms with Crippen LogP contribution >= 0.6 is 0 Å². The molecule has 2 aromatic carbocycles. The molecule has 104 valence electrons. The van der Waals surface area contributed by atoms with Gasteiger partial charge in [0.1, 0.15) is 5.57 Å². The van der Waals surface area contributed by atoms with E-state index < -0.39 is 23.1 Å². The number of hydrogen-bond donors (Lipinski definition) is 1. The Morgan fingerprint density at radius 2 is 1.24 bits per heavy atom. The van der Waals surface area contributed by atoms with Crippen LogP contribution in [-0.4, -0.2) is 22.6 Å². The number of Topliss-reactive ketones (excluding diaryl/α,β-unsaturated/α-hetero) is 1. The molecule has 0 radical (unpaired) electrons. The van der Waals surface area contributed by atoms with E-state index >= 15 is 0 Å². The van der Waals surface area contributed by atoms with Crippen molar-refractivity contribution >= 4 is 17.5 Å². The van der Waals surface area contributed by atoms with Crippen LogP contribution in [0.4, 0.5) is 0 Å². The van der Waals surface area contributed by atoms with Crippen molar-refractivity contribution in [1.82, 2.24) is 0 Å². The molecule has 0 atom stereocenters. The minimum absolute atomic E-state index is 0.229. The lowest BCUT2D eigenvalue weighted by molar-refractivity contribution is -0.132. The molecule has 0 aliphatic rings. The van der Waals surface area contributed by atoms with Gasteiger partial charge in [0.25, 0.3) is 0 Å². The standard InChI is InChI=1S/C17H12O4/c18-15(12-7-3-1-4-8-12)11-14(17(20)21)16(19)13-9-5-2-6-10-13/h1-11H,(H,20,21). The summed E-state index contributed by atoms with van der Waals surface area (Å²) in [5.41, 5.74) is 0.0131. The summed E-state index contributed by atoms with van der Waals surface area (Å²) in [6.45, 7) is 0. The number of hydrogen-bond acceptors (Lipinski definition) is 3. The van der Waals surface area contributed by atoms with Gasteiger partial charge in [-0.25, -0.2) is 4.79 Å². The second-order valence-corrected chi connectivity index (χ2v) is 4.29. The maximum absolute atomic E-state index is 12.2. The van der Waals surface area contributed by atoms with Crippen LogP contribution in [0.15, 0.2) is 72.3 Å². The summed E-state index contributed by atoms with van der Waals surface area (Å²) < 4.78 is 0. The molecular weight excluding hydrogens is 268 g/mol. The number of benzene rings is 2. The molecule has 4 nitrogen and oxygen atoms in total. The Kier molecular flexibility index (Phi) is 4.41. The molecule has 21 heavy (non-hydrogen) atoms. The zero-order valence-electron chi connectivity index (χ0n) is 11.0. The first-order chi connectivity index (χ1) is 10.1. The SMILES string of the molecule is O=C(O)C(=CC(=O)c1ccccc1)C(=O)c1ccccc1. The third-order valence-electron chi connectivity index (χ3n) is 2.84. The summed E-state index contributed by atoms with van der Waals surface area (Å²) in [5, 5.41) is 9.16. The van der Waals surface area contributed by atoms with Crippen molar-refractivity contribution in [3.05, 3.63) is 83.4 Å². The summed E-state index contributed by atoms with van der Waals surface area (Å²) >= 11 is 0. The van der Waals surface area contributed by atoms with Gasteiger partial charge in [-0.05, 0) is 0 Å². The number of carboxylic acid groups (broad SMARTS) is 1. The number of aliphatic carboxylic acids is 1. The highest BCUT2D eigenvalue weighted by Crippen LogP contribution is 2.11. The van der Waals surface area contributed by atoms with Crippen LogP contribution in [0.3, 0.4) is 0 Å². The molecule has 0 fully saturated rings. The van der Waals surface area contributed by atoms with Crippen LogP contribution < -0.4 is 0 Å². The van der Waals surface area contributed by atoms with Gasteiger partial charge in [0, 0.05) is 17.2 Å². The lowest BCUT2D eigenvalue weighted by atomic mass is 10.0. The van der Waals surface area contributed by atoms with E-state index in [1.807, 2.05) is 0 Å². The minimum Gasteiger partial charge on any atom is -0.478 e. The third-order valence-corrected chi connectivity index (χ3v) is 2.84. The van der Waals surface area contributed by atoms with E-state index in [1.54, 1.807) is 48.5 Å². The Morgan fingerprint density at radius 1 is 0.762 bits per heavy atom. The van der Waals surface area contributed by atoms with Crippen molar-refractivity contribution in [2.75, 3.05) is 0 Å². The van der Waals surface area contributed by atoms with Crippen LogP contribution in [0.25, 0.3) is 0 Å². The summed E-state index contributed by atoms with van der Waals surface area (Å²) in [7, 11) is 0. The number of carboxylic acids is 1. The molecule has 2 rings (SSSR count). The predicted molar refractivity (Wildman–Crippen MR) is 77.3 cm³/mol. The average molecular weight is 280 g/mol. The van der Waals surface area contributed by atoms with Crippen LogP contribution in [0.1, 0.15) is 20.7 Å². The van der Waals surface area contributed by atoms with Gasteiger partial charge in [-0.15, -0.1) is 0 Å². The highest BCUT2D eigenvalue weighted by atomic mass is 16.4. The zero-order chi connectivity index (χ0) is 15.2. The third kappa shape index (κ3) is 3.51. The number of ketones is 2. The van der Waals surface area contributed by atoms with E-state index in [9.17, 15) is 14.4 Å². The molecule has 2 aromatic rings. The van der Waals surface area contributed by atoms with Crippen molar-refractivity contribution < 1.29 is 19.5 Å². The molecule has 0 aliphatic heterocycles. The number of carbonyl (C=O) groups is 3. The van der Waals surface area contributed by atoms with Gasteiger partial charge in [0.15, 0.2) is 11.6 Å². The Labute approximate surface area is 121 Å². The average Bonchev–Trinajstić information content (AvgIpc) is 2.53. The molecule has 0 saturated carbocycles. The first-order valence-corrected chi connectivity index (χ1v) is 6.23. The molecule has 0 heterocycles. The second kappa shape index (κ2) is 6.43. The molecule has 0 amide bonds. The lowest BCUT2D eigenvalue weighted by Gasteiger charge is -2.02. The van der Waals surface area contributed by atoms with E-state index in [0.29, 0.717) is 5.56 Å². The van der Waals surface area contributed by atoms with Gasteiger partial charge in [-0.3, -0.25) is 9.59 Å². The van der Waals surface area contributed by atoms with Gasteiger partial charge >= 0.3 is 5.97 Å². The Bertz CT molecular complexity index is 700. The quantitative estimate of drug-likeness (QED) is 0.395. The van der Waals surface area contributed by atoms with Gasteiger partial charge in [-0.1, -0.05) is 60.7 Å². The fourth-order valence-electron chi connectivity index (χ4n) is 1.79. The van der Waals surface area contributed by atoms with Gasteiger partial charge in [-0.2, -0.15) is 0 Å². The minimum atomic E-state index is -1.42. The van der Waals surface area contributed by atoms with Crippen molar-refractivity contribution in [3.8, 4) is 0 Å². The number of allylic oxidation sites excluding steroid dienone is 1. The van der Waals surface area contributed by atoms with Crippen LogP contribution in [0, 0.1) is 0 Å². The van der Waals surface area contributed by atoms with E-state index in [2.05, 4.69) is 0 Å². The molecule has 0 saturated heterocycles. The molecule has 0 unspecified atom stereocenters. The molecular formula is C17H12O4. The van der Waals surface area contributed by atoms with E-state index in [4.69, 9.17) is 5.11 Å². The summed E-state index contributed by atoms with van der Waals surface area (Å²) in [5.74, 6) is -2.63. The zero-order valence-corrected chi connectivity index (χ0v) is 11.0. The first-order valence-electron chi connectivity index (χ1n) is 6.23. The highest BCUT2D eigenvalue weighted by molar-refractivity contribution is 6.27. The fraction of sp³-hybridized carbons (Fsp3) is 0. The van der Waals surface area contributed by atoms with Crippen LogP contribution in [0.5, 0.6) is 0 Å². The highest BCUT2D eigenvalue weighted by Gasteiger charge is 2.20. The monoisotopic (exact) mass is 280 g/mol. The topological polar surface area (TPSA) is 71.4 Å². The molecule has 0 spiro atoms.